The Hall–Kier alpha value is -0.150. The van der Waals surface area contributed by atoms with Gasteiger partial charge in [-0.05, 0) is 19.1 Å². The average molecular weight is 360 g/mol. The van der Waals surface area contributed by atoms with E-state index in [9.17, 15) is 16.8 Å². The van der Waals surface area contributed by atoms with Crippen LogP contribution in [0.5, 0.6) is 0 Å². The number of alkyl halides is 1. The maximum atomic E-state index is 11.6. The first-order chi connectivity index (χ1) is 6.81. The second-order valence-electron chi connectivity index (χ2n) is 2.93. The lowest BCUT2D eigenvalue weighted by Gasteiger charge is -2.03. The summed E-state index contributed by atoms with van der Waals surface area (Å²) in [5.74, 6) is 0. The molecule has 0 saturated carbocycles. The molecule has 0 heterocycles. The molecule has 0 saturated heterocycles. The van der Waals surface area contributed by atoms with Gasteiger partial charge in [0.25, 0.3) is 17.7 Å². The Morgan fingerprint density at radius 3 is 1.93 bits per heavy atom. The fraction of sp³-hybridized carbons (Fsp3) is 0.250. The highest BCUT2D eigenvalue weighted by molar-refractivity contribution is 14.1. The summed E-state index contributed by atoms with van der Waals surface area (Å²) in [7, 11) is -8.35. The summed E-state index contributed by atoms with van der Waals surface area (Å²) in [6.45, 7) is 1.79. The van der Waals surface area contributed by atoms with Gasteiger partial charge in [-0.25, -0.2) is 16.8 Å². The van der Waals surface area contributed by atoms with Gasteiger partial charge in [0.1, 0.15) is 3.76 Å². The minimum absolute atomic E-state index is 0.176. The monoisotopic (exact) mass is 360 g/mol. The Kier molecular flexibility index (Phi) is 3.77. The summed E-state index contributed by atoms with van der Waals surface area (Å²) in [5.41, 5.74) is 0.876. The van der Waals surface area contributed by atoms with Gasteiger partial charge in [0.15, 0.2) is 0 Å². The first-order valence-corrected chi connectivity index (χ1v) is 9.09. The molecular weight excluding hydrogens is 351 g/mol. The molecule has 1 aromatic rings. The molecule has 1 rings (SSSR count). The van der Waals surface area contributed by atoms with Crippen LogP contribution in [0.4, 0.5) is 0 Å². The molecule has 0 atom stereocenters. The van der Waals surface area contributed by atoms with Gasteiger partial charge in [0, 0.05) is 0 Å². The lowest BCUT2D eigenvalue weighted by molar-refractivity contribution is 0.585. The van der Waals surface area contributed by atoms with Crippen molar-refractivity contribution in [2.75, 3.05) is 3.76 Å². The Balaban J connectivity index is 3.37. The highest BCUT2D eigenvalue weighted by Crippen LogP contribution is 2.19. The molecule has 4 nitrogen and oxygen atoms in total. The van der Waals surface area contributed by atoms with E-state index in [1.54, 1.807) is 19.1 Å². The lowest BCUT2D eigenvalue weighted by Crippen LogP contribution is -2.16. The molecule has 0 aliphatic heterocycles. The Morgan fingerprint density at radius 1 is 1.07 bits per heavy atom. The summed E-state index contributed by atoms with van der Waals surface area (Å²) in [6, 6.07) is 5.73. The van der Waals surface area contributed by atoms with E-state index in [1.165, 1.54) is 34.7 Å². The fourth-order valence-corrected chi connectivity index (χ4v) is 6.37. The van der Waals surface area contributed by atoms with Crippen LogP contribution in [0.25, 0.3) is 0 Å². The third-order valence-electron chi connectivity index (χ3n) is 1.78. The van der Waals surface area contributed by atoms with E-state index >= 15 is 0 Å². The van der Waals surface area contributed by atoms with Crippen LogP contribution in [-0.2, 0) is 17.7 Å². The van der Waals surface area contributed by atoms with Crippen molar-refractivity contribution in [3.63, 3.8) is 0 Å². The van der Waals surface area contributed by atoms with Gasteiger partial charge in [0.2, 0.25) is 0 Å². The van der Waals surface area contributed by atoms with E-state index in [0.717, 1.165) is 5.56 Å². The van der Waals surface area contributed by atoms with Crippen molar-refractivity contribution in [1.82, 2.24) is 0 Å². The maximum Gasteiger partial charge on any atom is 0.282 e. The molecule has 0 radical (unpaired) electrons. The predicted molar refractivity (Wildman–Crippen MR) is 66.2 cm³/mol. The summed E-state index contributed by atoms with van der Waals surface area (Å²) in [4.78, 5) is -0.176. The second-order valence-corrected chi connectivity index (χ2v) is 10.4. The smallest absolute Gasteiger partial charge is 0.211 e. The molecule has 84 valence electrons. The SMILES string of the molecule is Cc1ccc(S(=O)(=O)S(=O)(=O)CI)cc1. The predicted octanol–water partition coefficient (Wildman–Crippen LogP) is 1.49. The van der Waals surface area contributed by atoms with E-state index in [0.29, 0.717) is 0 Å². The molecule has 15 heavy (non-hydrogen) atoms. The molecule has 1 aromatic carbocycles. The van der Waals surface area contributed by atoms with Crippen molar-refractivity contribution >= 4 is 40.3 Å². The van der Waals surface area contributed by atoms with E-state index in [1.807, 2.05) is 0 Å². The van der Waals surface area contributed by atoms with Gasteiger partial charge in [-0.3, -0.25) is 0 Å². The molecule has 0 aliphatic rings. The molecule has 0 aliphatic carbocycles. The quantitative estimate of drug-likeness (QED) is 0.465. The van der Waals surface area contributed by atoms with Gasteiger partial charge in [0.05, 0.1) is 4.90 Å². The molecule has 0 bridgehead atoms. The van der Waals surface area contributed by atoms with Crippen molar-refractivity contribution in [2.24, 2.45) is 0 Å². The molecule has 0 fully saturated rings. The zero-order valence-corrected chi connectivity index (χ0v) is 11.6. The fourth-order valence-electron chi connectivity index (χ4n) is 0.910. The molecule has 0 spiro atoms. The van der Waals surface area contributed by atoms with Gasteiger partial charge >= 0.3 is 0 Å². The largest absolute Gasteiger partial charge is 0.282 e. The highest BCUT2D eigenvalue weighted by atomic mass is 127. The van der Waals surface area contributed by atoms with E-state index in [2.05, 4.69) is 0 Å². The van der Waals surface area contributed by atoms with Gasteiger partial charge in [-0.2, -0.15) is 0 Å². The average Bonchev–Trinajstić information content (AvgIpc) is 2.18. The minimum atomic E-state index is -4.24. The number of hydrogen-bond donors (Lipinski definition) is 0. The van der Waals surface area contributed by atoms with Gasteiger partial charge < -0.3 is 0 Å². The van der Waals surface area contributed by atoms with Crippen LogP contribution in [0.1, 0.15) is 5.56 Å². The number of hydrogen-bond acceptors (Lipinski definition) is 4. The number of benzene rings is 1. The maximum absolute atomic E-state index is 11.6. The number of aryl methyl sites for hydroxylation is 1. The summed E-state index contributed by atoms with van der Waals surface area (Å²) in [6.07, 6.45) is 0. The van der Waals surface area contributed by atoms with Crippen molar-refractivity contribution in [3.8, 4) is 0 Å². The first-order valence-electron chi connectivity index (χ1n) is 3.91. The molecule has 0 N–H and O–H groups in total. The zero-order chi connectivity index (χ0) is 11.7. The second kappa shape index (κ2) is 4.38. The van der Waals surface area contributed by atoms with Crippen molar-refractivity contribution < 1.29 is 16.8 Å². The number of halogens is 1. The standard InChI is InChI=1S/C8H9IO4S2/c1-7-2-4-8(5-3-7)15(12,13)14(10,11)6-9/h2-5H,6H2,1H3. The van der Waals surface area contributed by atoms with E-state index in [4.69, 9.17) is 0 Å². The Labute approximate surface area is 102 Å². The first kappa shape index (κ1) is 12.9. The van der Waals surface area contributed by atoms with Gasteiger partial charge in [-0.15, -0.1) is 0 Å². The van der Waals surface area contributed by atoms with Crippen LogP contribution in [-0.4, -0.2) is 20.6 Å². The third-order valence-corrected chi connectivity index (χ3v) is 10.2. The van der Waals surface area contributed by atoms with Gasteiger partial charge in [-0.1, -0.05) is 40.3 Å². The van der Waals surface area contributed by atoms with Crippen molar-refractivity contribution in [3.05, 3.63) is 29.8 Å². The molecule has 0 amide bonds. The number of rotatable bonds is 3. The molecule has 0 aromatic heterocycles. The normalized spacial score (nSPS) is 12.7. The van der Waals surface area contributed by atoms with Crippen LogP contribution < -0.4 is 0 Å². The van der Waals surface area contributed by atoms with Crippen molar-refractivity contribution in [1.29, 1.82) is 0 Å². The van der Waals surface area contributed by atoms with Crippen LogP contribution in [0.15, 0.2) is 29.2 Å². The molecule has 0 unspecified atom stereocenters. The van der Waals surface area contributed by atoms with Crippen LogP contribution in [0.2, 0.25) is 0 Å². The highest BCUT2D eigenvalue weighted by Gasteiger charge is 2.30. The van der Waals surface area contributed by atoms with E-state index in [-0.39, 0.29) is 4.90 Å². The summed E-state index contributed by atoms with van der Waals surface area (Å²) >= 11 is 1.52. The van der Waals surface area contributed by atoms with Crippen LogP contribution in [0.3, 0.4) is 0 Å². The zero-order valence-electron chi connectivity index (χ0n) is 7.84. The summed E-state index contributed by atoms with van der Waals surface area (Å²) < 4.78 is 45.4. The summed E-state index contributed by atoms with van der Waals surface area (Å²) in [5, 5.41) is 0. The molecule has 7 heteroatoms. The topological polar surface area (TPSA) is 68.3 Å². The minimum Gasteiger partial charge on any atom is -0.211 e. The Morgan fingerprint density at radius 2 is 1.53 bits per heavy atom. The Bertz CT molecular complexity index is 543. The lowest BCUT2D eigenvalue weighted by atomic mass is 10.2. The molecular formula is C8H9IO4S2. The third kappa shape index (κ3) is 2.51. The van der Waals surface area contributed by atoms with Crippen LogP contribution in [0, 0.1) is 6.92 Å². The van der Waals surface area contributed by atoms with E-state index < -0.39 is 21.5 Å². The van der Waals surface area contributed by atoms with Crippen LogP contribution >= 0.6 is 22.6 Å². The van der Waals surface area contributed by atoms with Crippen molar-refractivity contribution in [2.45, 2.75) is 11.8 Å².